The lowest BCUT2D eigenvalue weighted by Crippen LogP contribution is -2.66. The maximum absolute atomic E-state index is 11.5. The van der Waals surface area contributed by atoms with Crippen molar-refractivity contribution < 1.29 is 24.1 Å². The second-order valence-corrected chi connectivity index (χ2v) is 7.59. The van der Waals surface area contributed by atoms with Crippen LogP contribution in [0.5, 0.6) is 0 Å². The summed E-state index contributed by atoms with van der Waals surface area (Å²) in [6.07, 6.45) is 1.93. The van der Waals surface area contributed by atoms with Gasteiger partial charge in [-0.2, -0.15) is 0 Å². The highest BCUT2D eigenvalue weighted by Crippen LogP contribution is 2.61. The average Bonchev–Trinajstić information content (AvgIpc) is 2.80. The van der Waals surface area contributed by atoms with E-state index in [4.69, 9.17) is 18.9 Å². The molecule has 5 rings (SSSR count). The summed E-state index contributed by atoms with van der Waals surface area (Å²) in [6.45, 7) is 0.464. The minimum Gasteiger partial charge on any atom is -0.384 e. The van der Waals surface area contributed by atoms with Gasteiger partial charge in [0.15, 0.2) is 12.6 Å². The number of ether oxygens (including phenoxy) is 4. The summed E-state index contributed by atoms with van der Waals surface area (Å²) >= 11 is 0. The van der Waals surface area contributed by atoms with Crippen molar-refractivity contribution in [3.05, 3.63) is 35.9 Å². The standard InChI is InChI=1S/C19H24O5/c1-21-18-19(20)13-8-7-12(13)9-14(19)16-15(23-18)10-22-17(24-16)11-5-3-2-4-6-11/h2-6,12-18,20H,7-10H2,1H3/t12-,13-,14-,15+,16-,17+,18-,19-/m0/s1. The Balaban J connectivity index is 1.45. The molecule has 130 valence electrons. The molecule has 2 aliphatic heterocycles. The lowest BCUT2D eigenvalue weighted by atomic mass is 9.68. The Morgan fingerprint density at radius 1 is 1.12 bits per heavy atom. The molecule has 0 unspecified atom stereocenters. The van der Waals surface area contributed by atoms with Crippen LogP contribution < -0.4 is 0 Å². The van der Waals surface area contributed by atoms with Crippen LogP contribution in [0.15, 0.2) is 30.3 Å². The topological polar surface area (TPSA) is 57.2 Å². The first-order chi connectivity index (χ1) is 11.7. The first-order valence-electron chi connectivity index (χ1n) is 8.94. The van der Waals surface area contributed by atoms with E-state index in [-0.39, 0.29) is 24.0 Å². The molecule has 2 aliphatic carbocycles. The first kappa shape index (κ1) is 15.3. The summed E-state index contributed by atoms with van der Waals surface area (Å²) in [6, 6.07) is 9.97. The molecule has 0 aromatic heterocycles. The Morgan fingerprint density at radius 2 is 1.96 bits per heavy atom. The van der Waals surface area contributed by atoms with Crippen molar-refractivity contribution >= 4 is 0 Å². The normalized spacial score (nSPS) is 49.7. The van der Waals surface area contributed by atoms with E-state index in [1.54, 1.807) is 7.11 Å². The summed E-state index contributed by atoms with van der Waals surface area (Å²) in [7, 11) is 1.61. The number of aliphatic hydroxyl groups is 1. The third-order valence-electron chi connectivity index (χ3n) is 6.58. The van der Waals surface area contributed by atoms with E-state index in [2.05, 4.69) is 0 Å². The fraction of sp³-hybridized carbons (Fsp3) is 0.684. The van der Waals surface area contributed by atoms with Gasteiger partial charge < -0.3 is 24.1 Å². The fourth-order valence-electron chi connectivity index (χ4n) is 5.31. The maximum Gasteiger partial charge on any atom is 0.187 e. The fourth-order valence-corrected chi connectivity index (χ4v) is 5.31. The largest absolute Gasteiger partial charge is 0.384 e. The van der Waals surface area contributed by atoms with Gasteiger partial charge in [-0.15, -0.1) is 0 Å². The van der Waals surface area contributed by atoms with Crippen LogP contribution in [0.3, 0.4) is 0 Å². The van der Waals surface area contributed by atoms with Gasteiger partial charge in [0, 0.05) is 18.6 Å². The van der Waals surface area contributed by atoms with Gasteiger partial charge in [0.2, 0.25) is 0 Å². The second kappa shape index (κ2) is 5.51. The van der Waals surface area contributed by atoms with Gasteiger partial charge in [-0.1, -0.05) is 30.3 Å². The van der Waals surface area contributed by atoms with E-state index in [0.29, 0.717) is 12.5 Å². The SMILES string of the molecule is CO[C@H]1O[C@@H]2CO[C@@H](c3ccccc3)O[C@H]2[C@@H]2C[C@@H]3CC[C@@H]3[C@@]12O. The van der Waals surface area contributed by atoms with Crippen LogP contribution >= 0.6 is 0 Å². The van der Waals surface area contributed by atoms with E-state index in [1.807, 2.05) is 30.3 Å². The maximum atomic E-state index is 11.5. The zero-order valence-corrected chi connectivity index (χ0v) is 13.8. The molecule has 2 saturated carbocycles. The zero-order valence-electron chi connectivity index (χ0n) is 13.8. The quantitative estimate of drug-likeness (QED) is 0.900. The molecule has 0 spiro atoms. The number of fused-ring (bicyclic) bond motifs is 5. The van der Waals surface area contributed by atoms with Crippen LogP contribution in [0.4, 0.5) is 0 Å². The molecule has 4 aliphatic rings. The highest BCUT2D eigenvalue weighted by Gasteiger charge is 2.68. The number of hydrogen-bond donors (Lipinski definition) is 1. The molecule has 2 saturated heterocycles. The molecule has 5 heteroatoms. The van der Waals surface area contributed by atoms with Gasteiger partial charge >= 0.3 is 0 Å². The van der Waals surface area contributed by atoms with Gasteiger partial charge in [0.05, 0.1) is 12.7 Å². The Kier molecular flexibility index (Phi) is 3.51. The first-order valence-corrected chi connectivity index (χ1v) is 8.94. The van der Waals surface area contributed by atoms with Gasteiger partial charge in [-0.25, -0.2) is 0 Å². The van der Waals surface area contributed by atoms with E-state index in [1.165, 1.54) is 6.42 Å². The van der Waals surface area contributed by atoms with Crippen molar-refractivity contribution in [2.45, 2.75) is 49.7 Å². The Hall–Kier alpha value is -0.980. The van der Waals surface area contributed by atoms with E-state index < -0.39 is 18.2 Å². The van der Waals surface area contributed by atoms with Gasteiger partial charge in [0.1, 0.15) is 11.7 Å². The third-order valence-corrected chi connectivity index (χ3v) is 6.58. The predicted molar refractivity (Wildman–Crippen MR) is 84.9 cm³/mol. The summed E-state index contributed by atoms with van der Waals surface area (Å²) in [5, 5.41) is 11.5. The predicted octanol–water partition coefficient (Wildman–Crippen LogP) is 2.25. The van der Waals surface area contributed by atoms with Crippen molar-refractivity contribution in [2.75, 3.05) is 13.7 Å². The van der Waals surface area contributed by atoms with Crippen LogP contribution in [0.2, 0.25) is 0 Å². The summed E-state index contributed by atoms with van der Waals surface area (Å²) in [5.74, 6) is 0.894. The van der Waals surface area contributed by atoms with Gasteiger partial charge in [-0.05, 0) is 31.1 Å². The molecular weight excluding hydrogens is 308 g/mol. The molecule has 0 radical (unpaired) electrons. The van der Waals surface area contributed by atoms with Crippen molar-refractivity contribution in [3.63, 3.8) is 0 Å². The number of methoxy groups -OCH3 is 1. The monoisotopic (exact) mass is 332 g/mol. The minimum atomic E-state index is -0.933. The van der Waals surface area contributed by atoms with Gasteiger partial charge in [0.25, 0.3) is 0 Å². The molecule has 0 amide bonds. The highest BCUT2D eigenvalue weighted by atomic mass is 16.7. The van der Waals surface area contributed by atoms with Crippen molar-refractivity contribution in [1.29, 1.82) is 0 Å². The van der Waals surface area contributed by atoms with Crippen molar-refractivity contribution in [2.24, 2.45) is 17.8 Å². The van der Waals surface area contributed by atoms with E-state index in [9.17, 15) is 5.11 Å². The molecule has 24 heavy (non-hydrogen) atoms. The molecular formula is C19H24O5. The number of hydrogen-bond acceptors (Lipinski definition) is 5. The molecule has 1 aromatic carbocycles. The molecule has 0 bridgehead atoms. The third kappa shape index (κ3) is 1.99. The van der Waals surface area contributed by atoms with Gasteiger partial charge in [-0.3, -0.25) is 0 Å². The summed E-state index contributed by atoms with van der Waals surface area (Å²) in [4.78, 5) is 0. The number of rotatable bonds is 2. The molecule has 2 heterocycles. The summed E-state index contributed by atoms with van der Waals surface area (Å²) in [5.41, 5.74) is 0.0755. The van der Waals surface area contributed by atoms with E-state index >= 15 is 0 Å². The van der Waals surface area contributed by atoms with Crippen LogP contribution in [0.25, 0.3) is 0 Å². The number of benzene rings is 1. The second-order valence-electron chi connectivity index (χ2n) is 7.59. The lowest BCUT2D eigenvalue weighted by Gasteiger charge is -2.53. The lowest BCUT2D eigenvalue weighted by molar-refractivity contribution is -0.377. The van der Waals surface area contributed by atoms with Crippen LogP contribution in [-0.4, -0.2) is 42.9 Å². The highest BCUT2D eigenvalue weighted by molar-refractivity contribution is 5.18. The molecule has 1 aromatic rings. The van der Waals surface area contributed by atoms with Crippen LogP contribution in [0, 0.1) is 17.8 Å². The van der Waals surface area contributed by atoms with E-state index in [0.717, 1.165) is 18.4 Å². The Morgan fingerprint density at radius 3 is 2.67 bits per heavy atom. The summed E-state index contributed by atoms with van der Waals surface area (Å²) < 4.78 is 23.8. The molecule has 5 nitrogen and oxygen atoms in total. The minimum absolute atomic E-state index is 0.0498. The molecule has 8 atom stereocenters. The Labute approximate surface area is 141 Å². The van der Waals surface area contributed by atoms with Crippen molar-refractivity contribution in [3.8, 4) is 0 Å². The average molecular weight is 332 g/mol. The van der Waals surface area contributed by atoms with Crippen LogP contribution in [0.1, 0.15) is 31.1 Å². The Bertz CT molecular complexity index is 607. The zero-order chi connectivity index (χ0) is 16.3. The smallest absolute Gasteiger partial charge is 0.187 e. The van der Waals surface area contributed by atoms with Crippen LogP contribution in [-0.2, 0) is 18.9 Å². The molecule has 1 N–H and O–H groups in total. The molecule has 4 fully saturated rings. The van der Waals surface area contributed by atoms with Crippen molar-refractivity contribution in [1.82, 2.24) is 0 Å².